The molecule has 0 aliphatic carbocycles. The normalized spacial score (nSPS) is 17.5. The van der Waals surface area contributed by atoms with Gasteiger partial charge in [-0.2, -0.15) is 0 Å². The van der Waals surface area contributed by atoms with Gasteiger partial charge in [0.05, 0.1) is 10.7 Å². The fraction of sp³-hybridized carbons (Fsp3) is 0.625. The summed E-state index contributed by atoms with van der Waals surface area (Å²) in [6.45, 7) is 9.53. The van der Waals surface area contributed by atoms with Crippen LogP contribution in [0.3, 0.4) is 0 Å². The molecule has 1 saturated heterocycles. The van der Waals surface area contributed by atoms with Crippen molar-refractivity contribution in [2.75, 3.05) is 37.6 Å². The lowest BCUT2D eigenvalue weighted by Gasteiger charge is -2.40. The van der Waals surface area contributed by atoms with E-state index in [0.29, 0.717) is 0 Å². The highest BCUT2D eigenvalue weighted by Crippen LogP contribution is 2.26. The Labute approximate surface area is 127 Å². The predicted molar refractivity (Wildman–Crippen MR) is 87.6 cm³/mol. The summed E-state index contributed by atoms with van der Waals surface area (Å²) in [5, 5.41) is 0.844. The summed E-state index contributed by atoms with van der Waals surface area (Å²) in [4.78, 5) is 4.86. The molecule has 3 nitrogen and oxygen atoms in total. The largest absolute Gasteiger partial charge is 0.368 e. The van der Waals surface area contributed by atoms with Crippen LogP contribution in [-0.4, -0.2) is 43.2 Å². The number of nitrogens with zero attached hydrogens (tertiary/aromatic N) is 2. The minimum atomic E-state index is -0.0352. The van der Waals surface area contributed by atoms with E-state index in [1.807, 2.05) is 18.2 Å². The number of hydrogen-bond donors (Lipinski definition) is 1. The number of hydrogen-bond acceptors (Lipinski definition) is 3. The van der Waals surface area contributed by atoms with Gasteiger partial charge in [-0.1, -0.05) is 37.6 Å². The van der Waals surface area contributed by atoms with Crippen LogP contribution >= 0.6 is 11.6 Å². The summed E-state index contributed by atoms with van der Waals surface area (Å²) in [6.07, 6.45) is 2.07. The van der Waals surface area contributed by atoms with Crippen LogP contribution < -0.4 is 10.6 Å². The third-order valence-electron chi connectivity index (χ3n) is 4.51. The molecule has 0 spiro atoms. The number of halogens is 1. The van der Waals surface area contributed by atoms with E-state index in [2.05, 4.69) is 29.7 Å². The molecule has 112 valence electrons. The van der Waals surface area contributed by atoms with Gasteiger partial charge < -0.3 is 10.6 Å². The first-order valence-corrected chi connectivity index (χ1v) is 7.96. The second-order valence-electron chi connectivity index (χ2n) is 5.78. The van der Waals surface area contributed by atoms with Crippen molar-refractivity contribution in [3.63, 3.8) is 0 Å². The summed E-state index contributed by atoms with van der Waals surface area (Å²) in [6, 6.07) is 8.09. The molecule has 1 fully saturated rings. The first kappa shape index (κ1) is 15.6. The zero-order valence-corrected chi connectivity index (χ0v) is 13.4. The molecule has 1 aromatic carbocycles. The lowest BCUT2D eigenvalue weighted by molar-refractivity contribution is 0.190. The maximum absolute atomic E-state index is 6.42. The van der Waals surface area contributed by atoms with Gasteiger partial charge in [0.2, 0.25) is 0 Å². The van der Waals surface area contributed by atoms with E-state index >= 15 is 0 Å². The Hall–Kier alpha value is -0.770. The molecule has 0 unspecified atom stereocenters. The summed E-state index contributed by atoms with van der Waals surface area (Å²) in [5.41, 5.74) is 7.54. The fourth-order valence-electron chi connectivity index (χ4n) is 2.77. The first-order chi connectivity index (χ1) is 9.58. The monoisotopic (exact) mass is 295 g/mol. The first-order valence-electron chi connectivity index (χ1n) is 7.58. The van der Waals surface area contributed by atoms with Gasteiger partial charge in [-0.25, -0.2) is 0 Å². The van der Waals surface area contributed by atoms with Crippen LogP contribution in [0.15, 0.2) is 24.3 Å². The van der Waals surface area contributed by atoms with Crippen molar-refractivity contribution in [2.24, 2.45) is 5.73 Å². The molecule has 1 aromatic rings. The molecule has 20 heavy (non-hydrogen) atoms. The highest BCUT2D eigenvalue weighted by molar-refractivity contribution is 6.33. The molecule has 0 radical (unpaired) electrons. The minimum absolute atomic E-state index is 0.0352. The van der Waals surface area contributed by atoms with E-state index in [1.54, 1.807) is 0 Å². The smallest absolute Gasteiger partial charge is 0.0639 e. The Kier molecular flexibility index (Phi) is 5.30. The standard InChI is InChI=1S/C16H26ClN3/c1-3-16(18,4-2)13-19-9-11-20(12-10-19)15-8-6-5-7-14(15)17/h5-8H,3-4,9-13,18H2,1-2H3. The van der Waals surface area contributed by atoms with Crippen molar-refractivity contribution >= 4 is 17.3 Å². The SMILES string of the molecule is CCC(N)(CC)CN1CCN(c2ccccc2Cl)CC1. The van der Waals surface area contributed by atoms with Gasteiger partial charge >= 0.3 is 0 Å². The van der Waals surface area contributed by atoms with E-state index in [-0.39, 0.29) is 5.54 Å². The van der Waals surface area contributed by atoms with E-state index < -0.39 is 0 Å². The molecule has 1 heterocycles. The second kappa shape index (κ2) is 6.79. The van der Waals surface area contributed by atoms with Crippen molar-refractivity contribution in [2.45, 2.75) is 32.2 Å². The molecular weight excluding hydrogens is 270 g/mol. The number of piperazine rings is 1. The second-order valence-corrected chi connectivity index (χ2v) is 6.19. The van der Waals surface area contributed by atoms with E-state index in [0.717, 1.165) is 56.3 Å². The van der Waals surface area contributed by atoms with Gasteiger partial charge in [0.25, 0.3) is 0 Å². The van der Waals surface area contributed by atoms with Crippen molar-refractivity contribution in [1.29, 1.82) is 0 Å². The van der Waals surface area contributed by atoms with Crippen LogP contribution in [0.1, 0.15) is 26.7 Å². The molecule has 4 heteroatoms. The number of benzene rings is 1. The Morgan fingerprint density at radius 1 is 1.10 bits per heavy atom. The third-order valence-corrected chi connectivity index (χ3v) is 4.83. The molecule has 0 saturated carbocycles. The zero-order valence-electron chi connectivity index (χ0n) is 12.6. The van der Waals surface area contributed by atoms with E-state index in [4.69, 9.17) is 17.3 Å². The van der Waals surface area contributed by atoms with E-state index in [1.165, 1.54) is 0 Å². The Morgan fingerprint density at radius 3 is 2.25 bits per heavy atom. The predicted octanol–water partition coefficient (Wildman–Crippen LogP) is 2.98. The number of para-hydroxylation sites is 1. The maximum atomic E-state index is 6.42. The zero-order chi connectivity index (χ0) is 14.6. The van der Waals surface area contributed by atoms with Crippen molar-refractivity contribution < 1.29 is 0 Å². The summed E-state index contributed by atoms with van der Waals surface area (Å²) in [5.74, 6) is 0. The van der Waals surface area contributed by atoms with Crippen LogP contribution in [0.25, 0.3) is 0 Å². The lowest BCUT2D eigenvalue weighted by Crippen LogP contribution is -2.55. The van der Waals surface area contributed by atoms with Crippen LogP contribution in [0.4, 0.5) is 5.69 Å². The van der Waals surface area contributed by atoms with Gasteiger partial charge in [0.15, 0.2) is 0 Å². The maximum Gasteiger partial charge on any atom is 0.0639 e. The summed E-state index contributed by atoms with van der Waals surface area (Å²) in [7, 11) is 0. The van der Waals surface area contributed by atoms with Crippen molar-refractivity contribution in [1.82, 2.24) is 4.90 Å². The summed E-state index contributed by atoms with van der Waals surface area (Å²) >= 11 is 6.27. The molecule has 1 aliphatic heterocycles. The van der Waals surface area contributed by atoms with Gasteiger partial charge in [0, 0.05) is 38.3 Å². The van der Waals surface area contributed by atoms with Crippen LogP contribution in [0.2, 0.25) is 5.02 Å². The van der Waals surface area contributed by atoms with Gasteiger partial charge in [-0.05, 0) is 25.0 Å². The minimum Gasteiger partial charge on any atom is -0.368 e. The average Bonchev–Trinajstić information content (AvgIpc) is 2.49. The Bertz CT molecular complexity index is 423. The van der Waals surface area contributed by atoms with Gasteiger partial charge in [-0.15, -0.1) is 0 Å². The van der Waals surface area contributed by atoms with Gasteiger partial charge in [0.1, 0.15) is 0 Å². The quantitative estimate of drug-likeness (QED) is 0.906. The average molecular weight is 296 g/mol. The number of anilines is 1. The van der Waals surface area contributed by atoms with E-state index in [9.17, 15) is 0 Å². The molecule has 2 N–H and O–H groups in total. The van der Waals surface area contributed by atoms with Crippen LogP contribution in [0.5, 0.6) is 0 Å². The van der Waals surface area contributed by atoms with Crippen LogP contribution in [0, 0.1) is 0 Å². The highest BCUT2D eigenvalue weighted by atomic mass is 35.5. The van der Waals surface area contributed by atoms with Crippen molar-refractivity contribution in [3.05, 3.63) is 29.3 Å². The number of nitrogens with two attached hydrogens (primary N) is 1. The molecule has 0 amide bonds. The summed E-state index contributed by atoms with van der Waals surface area (Å²) < 4.78 is 0. The lowest BCUT2D eigenvalue weighted by atomic mass is 9.93. The van der Waals surface area contributed by atoms with Crippen molar-refractivity contribution in [3.8, 4) is 0 Å². The topological polar surface area (TPSA) is 32.5 Å². The highest BCUT2D eigenvalue weighted by Gasteiger charge is 2.26. The molecule has 0 bridgehead atoms. The molecule has 1 aliphatic rings. The third kappa shape index (κ3) is 3.66. The molecule has 0 atom stereocenters. The molecule has 0 aromatic heterocycles. The molecule has 2 rings (SSSR count). The molecular formula is C16H26ClN3. The number of rotatable bonds is 5. The van der Waals surface area contributed by atoms with Crippen LogP contribution in [-0.2, 0) is 0 Å². The van der Waals surface area contributed by atoms with Gasteiger partial charge in [-0.3, -0.25) is 4.90 Å². The Balaban J connectivity index is 1.91. The Morgan fingerprint density at radius 2 is 1.70 bits per heavy atom. The fourth-order valence-corrected chi connectivity index (χ4v) is 3.03.